The highest BCUT2D eigenvalue weighted by atomic mass is 35.5. The molecule has 0 aliphatic rings. The Balaban J connectivity index is 2.02. The van der Waals surface area contributed by atoms with Gasteiger partial charge in [0.1, 0.15) is 0 Å². The lowest BCUT2D eigenvalue weighted by atomic mass is 10.1. The molecule has 2 aromatic carbocycles. The van der Waals surface area contributed by atoms with Crippen molar-refractivity contribution >= 4 is 23.1 Å². The lowest BCUT2D eigenvalue weighted by Crippen LogP contribution is -2.14. The van der Waals surface area contributed by atoms with E-state index in [9.17, 15) is 4.79 Å². The number of rotatable bonds is 5. The lowest BCUT2D eigenvalue weighted by Gasteiger charge is -2.10. The second-order valence-electron chi connectivity index (χ2n) is 4.29. The predicted molar refractivity (Wildman–Crippen MR) is 80.1 cm³/mol. The van der Waals surface area contributed by atoms with Crippen LogP contribution in [0.4, 0.5) is 5.69 Å². The zero-order valence-electron chi connectivity index (χ0n) is 10.8. The molecule has 0 heterocycles. The Labute approximate surface area is 118 Å². The van der Waals surface area contributed by atoms with Crippen molar-refractivity contribution in [3.8, 4) is 0 Å². The molecule has 2 aromatic rings. The molecule has 0 aliphatic heterocycles. The number of halogens is 1. The molecule has 19 heavy (non-hydrogen) atoms. The maximum atomic E-state index is 12.0. The van der Waals surface area contributed by atoms with Crippen LogP contribution in [0.25, 0.3) is 0 Å². The van der Waals surface area contributed by atoms with Crippen molar-refractivity contribution in [2.24, 2.45) is 0 Å². The number of para-hydroxylation sites is 1. The van der Waals surface area contributed by atoms with Crippen LogP contribution in [-0.2, 0) is 6.42 Å². The molecular weight excluding hydrogens is 258 g/mol. The fraction of sp³-hybridized carbons (Fsp3) is 0.188. The number of carbonyl (C=O) groups excluding carboxylic acids is 1. The monoisotopic (exact) mass is 273 g/mol. The predicted octanol–water partition coefficient (Wildman–Crippen LogP) is 4.20. The SMILES string of the molecule is CCc1ccccc1NCC(=O)c1ccc(Cl)cc1. The van der Waals surface area contributed by atoms with E-state index < -0.39 is 0 Å². The molecule has 0 spiro atoms. The minimum Gasteiger partial charge on any atom is -0.377 e. The molecule has 0 saturated heterocycles. The lowest BCUT2D eigenvalue weighted by molar-refractivity contribution is 0.101. The van der Waals surface area contributed by atoms with Gasteiger partial charge < -0.3 is 5.32 Å². The minimum atomic E-state index is 0.0579. The van der Waals surface area contributed by atoms with E-state index in [0.29, 0.717) is 17.1 Å². The normalized spacial score (nSPS) is 10.2. The van der Waals surface area contributed by atoms with Crippen LogP contribution < -0.4 is 5.32 Å². The number of aryl methyl sites for hydroxylation is 1. The van der Waals surface area contributed by atoms with Crippen LogP contribution in [0.5, 0.6) is 0 Å². The third-order valence-electron chi connectivity index (χ3n) is 3.00. The van der Waals surface area contributed by atoms with E-state index in [1.165, 1.54) is 5.56 Å². The summed E-state index contributed by atoms with van der Waals surface area (Å²) in [6.07, 6.45) is 0.943. The molecule has 3 heteroatoms. The highest BCUT2D eigenvalue weighted by Gasteiger charge is 2.06. The van der Waals surface area contributed by atoms with Gasteiger partial charge in [0.15, 0.2) is 5.78 Å². The van der Waals surface area contributed by atoms with Crippen molar-refractivity contribution in [1.82, 2.24) is 0 Å². The number of Topliss-reactive ketones (excluding diaryl/α,β-unsaturated/α-hetero) is 1. The molecule has 0 bridgehead atoms. The Hall–Kier alpha value is -1.80. The largest absolute Gasteiger partial charge is 0.377 e. The number of anilines is 1. The Bertz CT molecular complexity index is 563. The molecule has 0 radical (unpaired) electrons. The second-order valence-corrected chi connectivity index (χ2v) is 4.73. The molecule has 2 nitrogen and oxygen atoms in total. The molecule has 2 rings (SSSR count). The van der Waals surface area contributed by atoms with Gasteiger partial charge in [-0.15, -0.1) is 0 Å². The number of nitrogens with one attached hydrogen (secondary N) is 1. The van der Waals surface area contributed by atoms with Crippen LogP contribution in [0.15, 0.2) is 48.5 Å². The van der Waals surface area contributed by atoms with E-state index in [1.54, 1.807) is 24.3 Å². The third kappa shape index (κ3) is 3.58. The molecule has 0 aromatic heterocycles. The van der Waals surface area contributed by atoms with Gasteiger partial charge in [-0.2, -0.15) is 0 Å². The van der Waals surface area contributed by atoms with Gasteiger partial charge in [-0.05, 0) is 42.3 Å². The number of hydrogen-bond acceptors (Lipinski definition) is 2. The van der Waals surface area contributed by atoms with E-state index in [4.69, 9.17) is 11.6 Å². The first-order valence-corrected chi connectivity index (χ1v) is 6.69. The first-order valence-electron chi connectivity index (χ1n) is 6.31. The Kier molecular flexibility index (Phi) is 4.58. The summed E-state index contributed by atoms with van der Waals surface area (Å²) in [4.78, 5) is 12.0. The first kappa shape index (κ1) is 13.6. The van der Waals surface area contributed by atoms with Crippen molar-refractivity contribution in [1.29, 1.82) is 0 Å². The van der Waals surface area contributed by atoms with Crippen molar-refractivity contribution in [3.63, 3.8) is 0 Å². The molecular formula is C16H16ClNO. The van der Waals surface area contributed by atoms with E-state index in [2.05, 4.69) is 18.3 Å². The van der Waals surface area contributed by atoms with Gasteiger partial charge in [-0.25, -0.2) is 0 Å². The fourth-order valence-electron chi connectivity index (χ4n) is 1.91. The van der Waals surface area contributed by atoms with Crippen LogP contribution >= 0.6 is 11.6 Å². The summed E-state index contributed by atoms with van der Waals surface area (Å²) in [6.45, 7) is 2.39. The second kappa shape index (κ2) is 6.39. The van der Waals surface area contributed by atoms with Gasteiger partial charge in [-0.3, -0.25) is 4.79 Å². The zero-order valence-corrected chi connectivity index (χ0v) is 11.6. The fourth-order valence-corrected chi connectivity index (χ4v) is 2.04. The Morgan fingerprint density at radius 1 is 1.11 bits per heavy atom. The summed E-state index contributed by atoms with van der Waals surface area (Å²) in [5.41, 5.74) is 2.91. The summed E-state index contributed by atoms with van der Waals surface area (Å²) in [6, 6.07) is 15.0. The van der Waals surface area contributed by atoms with Gasteiger partial charge in [0, 0.05) is 16.3 Å². The smallest absolute Gasteiger partial charge is 0.181 e. The number of benzene rings is 2. The average Bonchev–Trinajstić information content (AvgIpc) is 2.45. The molecule has 1 N–H and O–H groups in total. The van der Waals surface area contributed by atoms with Crippen LogP contribution in [0.1, 0.15) is 22.8 Å². The standard InChI is InChI=1S/C16H16ClNO/c1-2-12-5-3-4-6-15(12)18-11-16(19)13-7-9-14(17)10-8-13/h3-10,18H,2,11H2,1H3. The molecule has 0 aliphatic carbocycles. The van der Waals surface area contributed by atoms with Gasteiger partial charge in [0.05, 0.1) is 6.54 Å². The Morgan fingerprint density at radius 2 is 1.79 bits per heavy atom. The average molecular weight is 274 g/mol. The summed E-state index contributed by atoms with van der Waals surface area (Å²) in [5.74, 6) is 0.0579. The van der Waals surface area contributed by atoms with Gasteiger partial charge >= 0.3 is 0 Å². The molecule has 0 amide bonds. The first-order chi connectivity index (χ1) is 9.20. The van der Waals surface area contributed by atoms with Gasteiger partial charge in [-0.1, -0.05) is 36.7 Å². The van der Waals surface area contributed by atoms with Crippen molar-refractivity contribution < 1.29 is 4.79 Å². The van der Waals surface area contributed by atoms with Crippen molar-refractivity contribution in [3.05, 3.63) is 64.7 Å². The number of carbonyl (C=O) groups is 1. The quantitative estimate of drug-likeness (QED) is 0.828. The highest BCUT2D eigenvalue weighted by Crippen LogP contribution is 2.16. The maximum Gasteiger partial charge on any atom is 0.181 e. The highest BCUT2D eigenvalue weighted by molar-refractivity contribution is 6.30. The number of hydrogen-bond donors (Lipinski definition) is 1. The summed E-state index contributed by atoms with van der Waals surface area (Å²) in [5, 5.41) is 3.83. The third-order valence-corrected chi connectivity index (χ3v) is 3.26. The number of ketones is 1. The topological polar surface area (TPSA) is 29.1 Å². The molecule has 0 fully saturated rings. The summed E-state index contributed by atoms with van der Waals surface area (Å²) >= 11 is 5.80. The van der Waals surface area contributed by atoms with Crippen LogP contribution in [-0.4, -0.2) is 12.3 Å². The van der Waals surface area contributed by atoms with E-state index in [0.717, 1.165) is 12.1 Å². The van der Waals surface area contributed by atoms with E-state index in [-0.39, 0.29) is 5.78 Å². The van der Waals surface area contributed by atoms with Crippen molar-refractivity contribution in [2.75, 3.05) is 11.9 Å². The Morgan fingerprint density at radius 3 is 2.47 bits per heavy atom. The molecule has 0 unspecified atom stereocenters. The van der Waals surface area contributed by atoms with E-state index >= 15 is 0 Å². The molecule has 0 atom stereocenters. The summed E-state index contributed by atoms with van der Waals surface area (Å²) < 4.78 is 0. The van der Waals surface area contributed by atoms with Gasteiger partial charge in [0.2, 0.25) is 0 Å². The van der Waals surface area contributed by atoms with Gasteiger partial charge in [0.25, 0.3) is 0 Å². The van der Waals surface area contributed by atoms with Crippen molar-refractivity contribution in [2.45, 2.75) is 13.3 Å². The van der Waals surface area contributed by atoms with Crippen LogP contribution in [0.3, 0.4) is 0 Å². The maximum absolute atomic E-state index is 12.0. The molecule has 98 valence electrons. The summed E-state index contributed by atoms with van der Waals surface area (Å²) in [7, 11) is 0. The van der Waals surface area contributed by atoms with Crippen LogP contribution in [0.2, 0.25) is 5.02 Å². The zero-order chi connectivity index (χ0) is 13.7. The van der Waals surface area contributed by atoms with Crippen LogP contribution in [0, 0.1) is 0 Å². The van der Waals surface area contributed by atoms with E-state index in [1.807, 2.05) is 18.2 Å². The minimum absolute atomic E-state index is 0.0579. The molecule has 0 saturated carbocycles.